The summed E-state index contributed by atoms with van der Waals surface area (Å²) < 4.78 is 19.1. The molecule has 120 valence electrons. The molecule has 1 aromatic carbocycles. The summed E-state index contributed by atoms with van der Waals surface area (Å²) in [6.07, 6.45) is -0.135. The number of benzene rings is 1. The molecule has 3 rings (SSSR count). The molecule has 0 bridgehead atoms. The van der Waals surface area contributed by atoms with Crippen LogP contribution in [0.15, 0.2) is 18.2 Å². The average Bonchev–Trinajstić information content (AvgIpc) is 2.94. The quantitative estimate of drug-likeness (QED) is 0.750. The fourth-order valence-corrected chi connectivity index (χ4v) is 2.80. The van der Waals surface area contributed by atoms with E-state index in [0.29, 0.717) is 45.0 Å². The highest BCUT2D eigenvalue weighted by Gasteiger charge is 2.28. The number of carbonyl (C=O) groups is 1. The predicted octanol–water partition coefficient (Wildman–Crippen LogP) is 0.324. The van der Waals surface area contributed by atoms with Crippen molar-refractivity contribution in [1.82, 2.24) is 5.32 Å². The molecule has 2 aliphatic heterocycles. The Morgan fingerprint density at radius 3 is 2.82 bits per heavy atom. The van der Waals surface area contributed by atoms with Crippen molar-refractivity contribution in [2.24, 2.45) is 0 Å². The van der Waals surface area contributed by atoms with E-state index in [1.54, 1.807) is 6.07 Å². The smallest absolute Gasteiger partial charge is 0.241 e. The maximum atomic E-state index is 13.8. The number of ether oxygens (including phenoxy) is 1. The number of rotatable bonds is 3. The first-order valence-corrected chi connectivity index (χ1v) is 7.47. The molecule has 0 radical (unpaired) electrons. The fourth-order valence-electron chi connectivity index (χ4n) is 2.80. The van der Waals surface area contributed by atoms with Crippen molar-refractivity contribution >= 4 is 17.3 Å². The lowest BCUT2D eigenvalue weighted by molar-refractivity contribution is -0.117. The van der Waals surface area contributed by atoms with Gasteiger partial charge >= 0.3 is 0 Å². The van der Waals surface area contributed by atoms with Gasteiger partial charge in [0.05, 0.1) is 25.4 Å². The fraction of sp³-hybridized carbons (Fsp3) is 0.533. The molecule has 0 aliphatic carbocycles. The zero-order valence-corrected chi connectivity index (χ0v) is 12.2. The van der Waals surface area contributed by atoms with E-state index >= 15 is 0 Å². The third-order valence-corrected chi connectivity index (χ3v) is 3.95. The van der Waals surface area contributed by atoms with Gasteiger partial charge < -0.3 is 25.4 Å². The lowest BCUT2D eigenvalue weighted by atomic mass is 10.2. The third-order valence-electron chi connectivity index (χ3n) is 3.95. The van der Waals surface area contributed by atoms with Crippen molar-refractivity contribution in [3.05, 3.63) is 24.0 Å². The van der Waals surface area contributed by atoms with E-state index in [0.717, 1.165) is 5.69 Å². The molecule has 0 saturated carbocycles. The van der Waals surface area contributed by atoms with Gasteiger partial charge in [-0.2, -0.15) is 0 Å². The number of hydrogen-bond acceptors (Lipinski definition) is 5. The maximum Gasteiger partial charge on any atom is 0.241 e. The SMILES string of the molecule is O=C(Nc1cc(F)cc(N2CCOCC2)c1)C1CC(O)CN1. The Labute approximate surface area is 128 Å². The Hall–Kier alpha value is -1.70. The molecule has 2 saturated heterocycles. The van der Waals surface area contributed by atoms with Gasteiger partial charge in [0.2, 0.25) is 5.91 Å². The van der Waals surface area contributed by atoms with Crippen LogP contribution in [0.1, 0.15) is 6.42 Å². The van der Waals surface area contributed by atoms with Crippen LogP contribution in [0, 0.1) is 5.82 Å². The third kappa shape index (κ3) is 3.55. The van der Waals surface area contributed by atoms with Gasteiger partial charge in [0.15, 0.2) is 0 Å². The lowest BCUT2D eigenvalue weighted by Gasteiger charge is -2.29. The number of β-amino-alcohol motifs (C(OH)–C–C–N with tert-alkyl or cyclic N) is 1. The topological polar surface area (TPSA) is 73.8 Å². The summed E-state index contributed by atoms with van der Waals surface area (Å²) in [5.74, 6) is -0.645. The van der Waals surface area contributed by atoms with E-state index in [2.05, 4.69) is 10.6 Å². The minimum absolute atomic E-state index is 0.255. The molecule has 7 heteroatoms. The van der Waals surface area contributed by atoms with E-state index in [1.165, 1.54) is 12.1 Å². The molecule has 1 amide bonds. The molecule has 1 aromatic rings. The highest BCUT2D eigenvalue weighted by Crippen LogP contribution is 2.23. The second kappa shape index (κ2) is 6.60. The first-order chi connectivity index (χ1) is 10.6. The minimum atomic E-state index is -0.507. The zero-order valence-electron chi connectivity index (χ0n) is 12.2. The van der Waals surface area contributed by atoms with Crippen molar-refractivity contribution in [3.8, 4) is 0 Å². The molecule has 6 nitrogen and oxygen atoms in total. The number of anilines is 2. The highest BCUT2D eigenvalue weighted by atomic mass is 19.1. The molecule has 2 atom stereocenters. The molecule has 2 heterocycles. The Balaban J connectivity index is 1.70. The molecule has 22 heavy (non-hydrogen) atoms. The number of aliphatic hydroxyl groups is 1. The minimum Gasteiger partial charge on any atom is -0.392 e. The van der Waals surface area contributed by atoms with Gasteiger partial charge in [-0.1, -0.05) is 0 Å². The first kappa shape index (κ1) is 15.2. The number of carbonyl (C=O) groups excluding carboxylic acids is 1. The van der Waals surface area contributed by atoms with Gasteiger partial charge in [0.1, 0.15) is 5.82 Å². The summed E-state index contributed by atoms with van der Waals surface area (Å²) in [6, 6.07) is 4.08. The van der Waals surface area contributed by atoms with E-state index in [9.17, 15) is 14.3 Å². The van der Waals surface area contributed by atoms with E-state index in [4.69, 9.17) is 4.74 Å². The number of nitrogens with one attached hydrogen (secondary N) is 2. The Bertz CT molecular complexity index is 549. The number of hydrogen-bond donors (Lipinski definition) is 3. The average molecular weight is 309 g/mol. The van der Waals surface area contributed by atoms with Gasteiger partial charge in [-0.05, 0) is 24.6 Å². The number of halogens is 1. The largest absolute Gasteiger partial charge is 0.392 e. The van der Waals surface area contributed by atoms with Crippen LogP contribution in [-0.2, 0) is 9.53 Å². The summed E-state index contributed by atoms with van der Waals surface area (Å²) >= 11 is 0. The van der Waals surface area contributed by atoms with Gasteiger partial charge in [-0.25, -0.2) is 4.39 Å². The summed E-state index contributed by atoms with van der Waals surface area (Å²) in [6.45, 7) is 3.03. The number of aliphatic hydroxyl groups excluding tert-OH is 1. The standard InChI is InChI=1S/C15H20FN3O3/c16-10-5-11(18-15(21)14-8-13(20)9-17-14)7-12(6-10)19-1-3-22-4-2-19/h5-7,13-14,17,20H,1-4,8-9H2,(H,18,21). The van der Waals surface area contributed by atoms with Crippen LogP contribution in [0.5, 0.6) is 0 Å². The Kier molecular flexibility index (Phi) is 4.56. The molecular weight excluding hydrogens is 289 g/mol. The van der Waals surface area contributed by atoms with Crippen LogP contribution in [0.4, 0.5) is 15.8 Å². The van der Waals surface area contributed by atoms with E-state index in [-0.39, 0.29) is 5.91 Å². The Morgan fingerprint density at radius 2 is 2.14 bits per heavy atom. The van der Waals surface area contributed by atoms with Crippen LogP contribution in [0.3, 0.4) is 0 Å². The molecule has 0 spiro atoms. The normalized spacial score (nSPS) is 25.3. The summed E-state index contributed by atoms with van der Waals surface area (Å²) in [5.41, 5.74) is 1.16. The summed E-state index contributed by atoms with van der Waals surface area (Å²) in [7, 11) is 0. The van der Waals surface area contributed by atoms with E-state index < -0.39 is 18.0 Å². The molecule has 2 aliphatic rings. The molecular formula is C15H20FN3O3. The van der Waals surface area contributed by atoms with Crippen molar-refractivity contribution in [2.45, 2.75) is 18.6 Å². The van der Waals surface area contributed by atoms with Crippen molar-refractivity contribution < 1.29 is 19.0 Å². The molecule has 2 unspecified atom stereocenters. The van der Waals surface area contributed by atoms with Crippen molar-refractivity contribution in [1.29, 1.82) is 0 Å². The first-order valence-electron chi connectivity index (χ1n) is 7.47. The summed E-state index contributed by atoms with van der Waals surface area (Å²) in [4.78, 5) is 14.1. The van der Waals surface area contributed by atoms with Crippen LogP contribution < -0.4 is 15.5 Å². The van der Waals surface area contributed by atoms with Gasteiger partial charge in [0, 0.05) is 31.0 Å². The predicted molar refractivity (Wildman–Crippen MR) is 80.5 cm³/mol. The van der Waals surface area contributed by atoms with Crippen LogP contribution >= 0.6 is 0 Å². The Morgan fingerprint density at radius 1 is 1.36 bits per heavy atom. The van der Waals surface area contributed by atoms with Crippen molar-refractivity contribution in [3.63, 3.8) is 0 Å². The molecule has 3 N–H and O–H groups in total. The van der Waals surface area contributed by atoms with E-state index in [1.807, 2.05) is 4.90 Å². The maximum absolute atomic E-state index is 13.8. The number of nitrogens with zero attached hydrogens (tertiary/aromatic N) is 1. The lowest BCUT2D eigenvalue weighted by Crippen LogP contribution is -2.37. The van der Waals surface area contributed by atoms with Crippen LogP contribution in [0.2, 0.25) is 0 Å². The summed E-state index contributed by atoms with van der Waals surface area (Å²) in [5, 5.41) is 15.1. The number of morpholine rings is 1. The second-order valence-corrected chi connectivity index (χ2v) is 5.64. The zero-order chi connectivity index (χ0) is 15.5. The van der Waals surface area contributed by atoms with Gasteiger partial charge in [-0.3, -0.25) is 4.79 Å². The van der Waals surface area contributed by atoms with Gasteiger partial charge in [0.25, 0.3) is 0 Å². The van der Waals surface area contributed by atoms with Crippen molar-refractivity contribution in [2.75, 3.05) is 43.1 Å². The van der Waals surface area contributed by atoms with Crippen LogP contribution in [-0.4, -0.2) is 56.0 Å². The molecule has 0 aromatic heterocycles. The highest BCUT2D eigenvalue weighted by molar-refractivity contribution is 5.95. The molecule has 2 fully saturated rings. The number of amides is 1. The second-order valence-electron chi connectivity index (χ2n) is 5.64. The van der Waals surface area contributed by atoms with Gasteiger partial charge in [-0.15, -0.1) is 0 Å². The van der Waals surface area contributed by atoms with Crippen LogP contribution in [0.25, 0.3) is 0 Å². The monoisotopic (exact) mass is 309 g/mol.